The number of non-ortho nitro benzene ring substituents is 1. The number of nitrogens with zero attached hydrogens (tertiary/aromatic N) is 2. The van der Waals surface area contributed by atoms with Gasteiger partial charge in [-0.25, -0.2) is 4.98 Å². The molecule has 1 aliphatic rings. The summed E-state index contributed by atoms with van der Waals surface area (Å²) in [6.07, 6.45) is 5.01. The molecular formula is C16H17N3O3S. The molecule has 0 saturated heterocycles. The zero-order valence-corrected chi connectivity index (χ0v) is 13.2. The van der Waals surface area contributed by atoms with Gasteiger partial charge in [-0.3, -0.25) is 10.1 Å². The summed E-state index contributed by atoms with van der Waals surface area (Å²) in [7, 11) is 0. The molecule has 1 aromatic heterocycles. The molecule has 23 heavy (non-hydrogen) atoms. The standard InChI is InChI=1S/C16H17N3O3S/c20-9-11-4-5-13(6-11)17-8-14-10-23-16(18-14)12-2-1-3-15(7-12)19(21)22/h1-5,7,10-11,13,17,20H,6,8-9H2/t11-,13+/m0/s1. The van der Waals surface area contributed by atoms with Gasteiger partial charge in [0.05, 0.1) is 10.6 Å². The fraction of sp³-hybridized carbons (Fsp3) is 0.312. The van der Waals surface area contributed by atoms with Crippen LogP contribution in [0.5, 0.6) is 0 Å². The van der Waals surface area contributed by atoms with E-state index in [0.29, 0.717) is 6.54 Å². The van der Waals surface area contributed by atoms with Crippen molar-refractivity contribution in [3.8, 4) is 10.6 Å². The molecular weight excluding hydrogens is 314 g/mol. The number of rotatable bonds is 6. The Hall–Kier alpha value is -2.09. The number of nitro groups is 1. The molecule has 1 aliphatic carbocycles. The molecule has 0 unspecified atom stereocenters. The second-order valence-corrected chi connectivity index (χ2v) is 6.36. The Morgan fingerprint density at radius 1 is 1.43 bits per heavy atom. The van der Waals surface area contributed by atoms with Crippen molar-refractivity contribution in [1.29, 1.82) is 0 Å². The van der Waals surface area contributed by atoms with Crippen LogP contribution in [0.1, 0.15) is 12.1 Å². The third-order valence-electron chi connectivity index (χ3n) is 3.81. The lowest BCUT2D eigenvalue weighted by atomic mass is 10.1. The molecule has 3 rings (SSSR count). The number of nitro benzene ring substituents is 1. The van der Waals surface area contributed by atoms with Crippen molar-refractivity contribution in [3.63, 3.8) is 0 Å². The lowest BCUT2D eigenvalue weighted by Gasteiger charge is -2.11. The number of hydrogen-bond donors (Lipinski definition) is 2. The first-order chi connectivity index (χ1) is 11.2. The molecule has 0 spiro atoms. The van der Waals surface area contributed by atoms with Crippen LogP contribution < -0.4 is 5.32 Å². The maximum absolute atomic E-state index is 10.8. The number of aliphatic hydroxyl groups is 1. The molecule has 1 heterocycles. The molecule has 6 nitrogen and oxygen atoms in total. The highest BCUT2D eigenvalue weighted by atomic mass is 32.1. The monoisotopic (exact) mass is 331 g/mol. The van der Waals surface area contributed by atoms with Gasteiger partial charge in [-0.2, -0.15) is 0 Å². The van der Waals surface area contributed by atoms with Gasteiger partial charge >= 0.3 is 0 Å². The molecule has 7 heteroatoms. The van der Waals surface area contributed by atoms with Crippen LogP contribution in [0.2, 0.25) is 0 Å². The minimum absolute atomic E-state index is 0.0727. The topological polar surface area (TPSA) is 88.3 Å². The largest absolute Gasteiger partial charge is 0.396 e. The van der Waals surface area contributed by atoms with Crippen molar-refractivity contribution in [1.82, 2.24) is 10.3 Å². The molecule has 120 valence electrons. The van der Waals surface area contributed by atoms with Gasteiger partial charge in [-0.05, 0) is 6.42 Å². The Labute approximate surface area is 137 Å². The minimum atomic E-state index is -0.399. The van der Waals surface area contributed by atoms with E-state index in [4.69, 9.17) is 5.11 Å². The van der Waals surface area contributed by atoms with E-state index in [1.807, 2.05) is 17.5 Å². The van der Waals surface area contributed by atoms with E-state index in [1.54, 1.807) is 12.1 Å². The van der Waals surface area contributed by atoms with Crippen LogP contribution in [0.4, 0.5) is 5.69 Å². The highest BCUT2D eigenvalue weighted by Crippen LogP contribution is 2.27. The lowest BCUT2D eigenvalue weighted by molar-refractivity contribution is -0.384. The van der Waals surface area contributed by atoms with Gasteiger partial charge in [0.25, 0.3) is 5.69 Å². The molecule has 1 aromatic carbocycles. The van der Waals surface area contributed by atoms with E-state index >= 15 is 0 Å². The van der Waals surface area contributed by atoms with Gasteiger partial charge < -0.3 is 10.4 Å². The van der Waals surface area contributed by atoms with Gasteiger partial charge in [0.15, 0.2) is 0 Å². The van der Waals surface area contributed by atoms with Crippen LogP contribution in [-0.4, -0.2) is 27.7 Å². The second kappa shape index (κ2) is 6.99. The quantitative estimate of drug-likeness (QED) is 0.483. The molecule has 2 N–H and O–H groups in total. The highest BCUT2D eigenvalue weighted by Gasteiger charge is 2.18. The molecule has 2 aromatic rings. The first kappa shape index (κ1) is 15.8. The SMILES string of the molecule is O=[N+]([O-])c1cccc(-c2nc(CN[C@@H]3C=C[C@H](CO)C3)cs2)c1. The molecule has 2 atom stereocenters. The van der Waals surface area contributed by atoms with Crippen molar-refractivity contribution < 1.29 is 10.0 Å². The summed E-state index contributed by atoms with van der Waals surface area (Å²) in [4.78, 5) is 15.0. The van der Waals surface area contributed by atoms with E-state index in [1.165, 1.54) is 17.4 Å². The van der Waals surface area contributed by atoms with Crippen LogP contribution >= 0.6 is 11.3 Å². The van der Waals surface area contributed by atoms with Crippen LogP contribution in [-0.2, 0) is 6.54 Å². The number of benzene rings is 1. The maximum atomic E-state index is 10.8. The summed E-state index contributed by atoms with van der Waals surface area (Å²) in [6.45, 7) is 0.820. The van der Waals surface area contributed by atoms with E-state index in [-0.39, 0.29) is 24.3 Å². The van der Waals surface area contributed by atoms with Crippen molar-refractivity contribution in [2.75, 3.05) is 6.61 Å². The molecule has 0 radical (unpaired) electrons. The molecule has 0 saturated carbocycles. The zero-order chi connectivity index (χ0) is 16.2. The van der Waals surface area contributed by atoms with Gasteiger partial charge in [0.2, 0.25) is 0 Å². The Morgan fingerprint density at radius 3 is 3.04 bits per heavy atom. The summed E-state index contributed by atoms with van der Waals surface area (Å²) < 4.78 is 0. The van der Waals surface area contributed by atoms with Gasteiger partial charge in [-0.1, -0.05) is 24.3 Å². The Balaban J connectivity index is 1.63. The van der Waals surface area contributed by atoms with Crippen molar-refractivity contribution in [2.24, 2.45) is 5.92 Å². The first-order valence-corrected chi connectivity index (χ1v) is 8.25. The van der Waals surface area contributed by atoms with Crippen LogP contribution in [0.15, 0.2) is 41.8 Å². The van der Waals surface area contributed by atoms with Crippen LogP contribution in [0, 0.1) is 16.0 Å². The molecule has 0 bridgehead atoms. The van der Waals surface area contributed by atoms with E-state index in [2.05, 4.69) is 16.4 Å². The summed E-state index contributed by atoms with van der Waals surface area (Å²) >= 11 is 1.48. The number of thiazole rings is 1. The van der Waals surface area contributed by atoms with E-state index < -0.39 is 4.92 Å². The normalized spacial score (nSPS) is 20.0. The third-order valence-corrected chi connectivity index (χ3v) is 4.75. The Kier molecular flexibility index (Phi) is 4.80. The Morgan fingerprint density at radius 2 is 2.30 bits per heavy atom. The van der Waals surface area contributed by atoms with Gasteiger partial charge in [0, 0.05) is 48.2 Å². The first-order valence-electron chi connectivity index (χ1n) is 7.37. The van der Waals surface area contributed by atoms with Crippen LogP contribution in [0.3, 0.4) is 0 Å². The minimum Gasteiger partial charge on any atom is -0.396 e. The summed E-state index contributed by atoms with van der Waals surface area (Å²) in [5.74, 6) is 0.239. The number of hydrogen-bond acceptors (Lipinski definition) is 6. The average molecular weight is 331 g/mol. The third kappa shape index (κ3) is 3.82. The van der Waals surface area contributed by atoms with Crippen molar-refractivity contribution >= 4 is 17.0 Å². The van der Waals surface area contributed by atoms with Crippen molar-refractivity contribution in [2.45, 2.75) is 19.0 Å². The number of aromatic nitrogens is 1. The predicted molar refractivity (Wildman–Crippen MR) is 89.2 cm³/mol. The maximum Gasteiger partial charge on any atom is 0.270 e. The number of aliphatic hydroxyl groups excluding tert-OH is 1. The van der Waals surface area contributed by atoms with E-state index in [0.717, 1.165) is 22.7 Å². The molecule has 0 aliphatic heterocycles. The average Bonchev–Trinajstić information content (AvgIpc) is 3.22. The fourth-order valence-electron chi connectivity index (χ4n) is 2.57. The second-order valence-electron chi connectivity index (χ2n) is 5.50. The molecule has 0 fully saturated rings. The summed E-state index contributed by atoms with van der Waals surface area (Å²) in [6, 6.07) is 6.78. The smallest absolute Gasteiger partial charge is 0.270 e. The van der Waals surface area contributed by atoms with Crippen LogP contribution in [0.25, 0.3) is 10.6 Å². The van der Waals surface area contributed by atoms with Gasteiger partial charge in [0.1, 0.15) is 5.01 Å². The predicted octanol–water partition coefficient (Wildman–Crippen LogP) is 2.74. The summed E-state index contributed by atoms with van der Waals surface area (Å²) in [5, 5.41) is 26.1. The fourth-order valence-corrected chi connectivity index (χ4v) is 3.39. The number of nitrogens with one attached hydrogen (secondary N) is 1. The Bertz CT molecular complexity index is 729. The van der Waals surface area contributed by atoms with Crippen molar-refractivity contribution in [3.05, 3.63) is 57.6 Å². The molecule has 0 amide bonds. The highest BCUT2D eigenvalue weighted by molar-refractivity contribution is 7.13. The van der Waals surface area contributed by atoms with Gasteiger partial charge in [-0.15, -0.1) is 11.3 Å². The lowest BCUT2D eigenvalue weighted by Crippen LogP contribution is -2.26. The summed E-state index contributed by atoms with van der Waals surface area (Å²) in [5.41, 5.74) is 1.75. The zero-order valence-electron chi connectivity index (χ0n) is 12.4. The van der Waals surface area contributed by atoms with E-state index in [9.17, 15) is 10.1 Å².